The lowest BCUT2D eigenvalue weighted by Crippen LogP contribution is -2.44. The lowest BCUT2D eigenvalue weighted by molar-refractivity contribution is 0.0660. The van der Waals surface area contributed by atoms with Gasteiger partial charge in [-0.05, 0) is 70.3 Å². The molecule has 3 nitrogen and oxygen atoms in total. The van der Waals surface area contributed by atoms with Crippen molar-refractivity contribution in [2.24, 2.45) is 5.92 Å². The first kappa shape index (κ1) is 16.5. The van der Waals surface area contributed by atoms with Crippen LogP contribution in [-0.2, 0) is 0 Å². The smallest absolute Gasteiger partial charge is 0.254 e. The number of hydrogen-bond acceptors (Lipinski definition) is 2. The summed E-state index contributed by atoms with van der Waals surface area (Å²) in [6.07, 6.45) is 2.42. The van der Waals surface area contributed by atoms with E-state index in [4.69, 9.17) is 0 Å². The van der Waals surface area contributed by atoms with E-state index in [9.17, 15) is 4.79 Å². The van der Waals surface area contributed by atoms with Crippen molar-refractivity contribution in [2.75, 3.05) is 19.6 Å². The molecule has 4 heteroatoms. The number of carbonyl (C=O) groups is 1. The molecule has 21 heavy (non-hydrogen) atoms. The third-order valence-corrected chi connectivity index (χ3v) is 4.66. The lowest BCUT2D eigenvalue weighted by Gasteiger charge is -2.33. The van der Waals surface area contributed by atoms with Gasteiger partial charge in [0.2, 0.25) is 0 Å². The van der Waals surface area contributed by atoms with E-state index < -0.39 is 0 Å². The van der Waals surface area contributed by atoms with Crippen LogP contribution in [-0.4, -0.2) is 36.5 Å². The second kappa shape index (κ2) is 7.41. The number of piperidine rings is 1. The van der Waals surface area contributed by atoms with E-state index in [1.54, 1.807) is 0 Å². The van der Waals surface area contributed by atoms with Gasteiger partial charge in [0.25, 0.3) is 5.91 Å². The summed E-state index contributed by atoms with van der Waals surface area (Å²) in [5, 5.41) is 3.43. The molecule has 1 aromatic carbocycles. The second-order valence-corrected chi connectivity index (χ2v) is 7.14. The van der Waals surface area contributed by atoms with E-state index in [0.29, 0.717) is 5.92 Å². The number of carbonyl (C=O) groups excluding carboxylic acids is 1. The van der Waals surface area contributed by atoms with Gasteiger partial charge in [-0.1, -0.05) is 22.0 Å². The van der Waals surface area contributed by atoms with Gasteiger partial charge < -0.3 is 10.2 Å². The van der Waals surface area contributed by atoms with Crippen LogP contribution in [0.3, 0.4) is 0 Å². The van der Waals surface area contributed by atoms with Gasteiger partial charge >= 0.3 is 0 Å². The fourth-order valence-corrected chi connectivity index (χ4v) is 3.23. The summed E-state index contributed by atoms with van der Waals surface area (Å²) in [6, 6.07) is 6.14. The number of aryl methyl sites for hydroxylation is 1. The Labute approximate surface area is 136 Å². The van der Waals surface area contributed by atoms with Crippen molar-refractivity contribution in [1.29, 1.82) is 0 Å². The summed E-state index contributed by atoms with van der Waals surface area (Å²) in [6.45, 7) is 9.17. The summed E-state index contributed by atoms with van der Waals surface area (Å²) in [5.41, 5.74) is 1.84. The van der Waals surface area contributed by atoms with Crippen LogP contribution in [0.1, 0.15) is 42.6 Å². The molecule has 0 aliphatic carbocycles. The van der Waals surface area contributed by atoms with Gasteiger partial charge in [-0.3, -0.25) is 4.79 Å². The van der Waals surface area contributed by atoms with Gasteiger partial charge in [0, 0.05) is 22.6 Å². The standard InChI is InChI=1S/C17H25BrN2O/c1-12(2)20(11-14-5-4-8-19-10-14)17(21)16-9-15(18)7-6-13(16)3/h6-7,9,12,14,19H,4-5,8,10-11H2,1-3H3. The number of rotatable bonds is 4. The van der Waals surface area contributed by atoms with Crippen LogP contribution in [0.5, 0.6) is 0 Å². The summed E-state index contributed by atoms with van der Waals surface area (Å²) >= 11 is 3.47. The monoisotopic (exact) mass is 352 g/mol. The number of halogens is 1. The molecule has 1 aliphatic rings. The minimum absolute atomic E-state index is 0.148. The Morgan fingerprint density at radius 2 is 2.24 bits per heavy atom. The molecule has 0 aromatic heterocycles. The van der Waals surface area contributed by atoms with Gasteiger partial charge in [0.1, 0.15) is 0 Å². The van der Waals surface area contributed by atoms with Gasteiger partial charge in [0.05, 0.1) is 0 Å². The highest BCUT2D eigenvalue weighted by Gasteiger charge is 2.24. The minimum atomic E-state index is 0.148. The molecule has 1 fully saturated rings. The molecule has 0 spiro atoms. The summed E-state index contributed by atoms with van der Waals surface area (Å²) in [4.78, 5) is 14.9. The predicted molar refractivity (Wildman–Crippen MR) is 90.6 cm³/mol. The van der Waals surface area contributed by atoms with Gasteiger partial charge in [-0.2, -0.15) is 0 Å². The maximum absolute atomic E-state index is 12.9. The van der Waals surface area contributed by atoms with E-state index in [1.165, 1.54) is 12.8 Å². The Hall–Kier alpha value is -0.870. The normalized spacial score (nSPS) is 18.8. The molecule has 1 saturated heterocycles. The van der Waals surface area contributed by atoms with Gasteiger partial charge in [-0.25, -0.2) is 0 Å². The van der Waals surface area contributed by atoms with Crippen molar-refractivity contribution in [3.05, 3.63) is 33.8 Å². The number of amides is 1. The third kappa shape index (κ3) is 4.30. The number of nitrogens with one attached hydrogen (secondary N) is 1. The average Bonchev–Trinajstić information content (AvgIpc) is 2.47. The highest BCUT2D eigenvalue weighted by atomic mass is 79.9. The van der Waals surface area contributed by atoms with Crippen LogP contribution in [0.2, 0.25) is 0 Å². The molecular formula is C17H25BrN2O. The average molecular weight is 353 g/mol. The highest BCUT2D eigenvalue weighted by Crippen LogP contribution is 2.21. The molecule has 1 aliphatic heterocycles. The largest absolute Gasteiger partial charge is 0.336 e. The Morgan fingerprint density at radius 1 is 1.48 bits per heavy atom. The van der Waals surface area contributed by atoms with E-state index in [-0.39, 0.29) is 11.9 Å². The number of benzene rings is 1. The zero-order chi connectivity index (χ0) is 15.4. The first-order chi connectivity index (χ1) is 9.99. The lowest BCUT2D eigenvalue weighted by atomic mass is 9.97. The van der Waals surface area contributed by atoms with Crippen LogP contribution in [0.25, 0.3) is 0 Å². The molecule has 0 saturated carbocycles. The summed E-state index contributed by atoms with van der Waals surface area (Å²) in [7, 11) is 0. The Bertz CT molecular complexity index is 496. The fraction of sp³-hybridized carbons (Fsp3) is 0.588. The molecule has 0 radical (unpaired) electrons. The summed E-state index contributed by atoms with van der Waals surface area (Å²) in [5.74, 6) is 0.715. The van der Waals surface area contributed by atoms with Crippen molar-refractivity contribution in [2.45, 2.75) is 39.7 Å². The Morgan fingerprint density at radius 3 is 2.86 bits per heavy atom. The molecular weight excluding hydrogens is 328 g/mol. The topological polar surface area (TPSA) is 32.3 Å². The van der Waals surface area contributed by atoms with Gasteiger partial charge in [-0.15, -0.1) is 0 Å². The zero-order valence-electron chi connectivity index (χ0n) is 13.2. The molecule has 1 atom stereocenters. The van der Waals surface area contributed by atoms with E-state index >= 15 is 0 Å². The summed E-state index contributed by atoms with van der Waals surface area (Å²) < 4.78 is 0.958. The molecule has 0 bridgehead atoms. The van der Waals surface area contributed by atoms with Crippen molar-refractivity contribution in [3.8, 4) is 0 Å². The van der Waals surface area contributed by atoms with Crippen LogP contribution < -0.4 is 5.32 Å². The van der Waals surface area contributed by atoms with Crippen LogP contribution in [0.4, 0.5) is 0 Å². The SMILES string of the molecule is Cc1ccc(Br)cc1C(=O)N(CC1CCCNC1)C(C)C. The third-order valence-electron chi connectivity index (χ3n) is 4.17. The second-order valence-electron chi connectivity index (χ2n) is 6.22. The highest BCUT2D eigenvalue weighted by molar-refractivity contribution is 9.10. The first-order valence-electron chi connectivity index (χ1n) is 7.77. The maximum Gasteiger partial charge on any atom is 0.254 e. The molecule has 1 amide bonds. The van der Waals surface area contributed by atoms with Crippen LogP contribution >= 0.6 is 15.9 Å². The quantitative estimate of drug-likeness (QED) is 0.897. The van der Waals surface area contributed by atoms with E-state index in [2.05, 4.69) is 35.1 Å². The molecule has 1 aromatic rings. The van der Waals surface area contributed by atoms with Gasteiger partial charge in [0.15, 0.2) is 0 Å². The molecule has 116 valence electrons. The Balaban J connectivity index is 2.16. The number of hydrogen-bond donors (Lipinski definition) is 1. The van der Waals surface area contributed by atoms with E-state index in [1.807, 2.05) is 30.0 Å². The molecule has 1 N–H and O–H groups in total. The molecule has 1 heterocycles. The van der Waals surface area contributed by atoms with Crippen molar-refractivity contribution in [1.82, 2.24) is 10.2 Å². The van der Waals surface area contributed by atoms with Crippen molar-refractivity contribution < 1.29 is 4.79 Å². The molecule has 2 rings (SSSR count). The minimum Gasteiger partial charge on any atom is -0.336 e. The van der Waals surface area contributed by atoms with E-state index in [0.717, 1.165) is 35.2 Å². The zero-order valence-corrected chi connectivity index (χ0v) is 14.7. The van der Waals surface area contributed by atoms with Crippen molar-refractivity contribution in [3.63, 3.8) is 0 Å². The first-order valence-corrected chi connectivity index (χ1v) is 8.56. The fourth-order valence-electron chi connectivity index (χ4n) is 2.87. The number of nitrogens with zero attached hydrogens (tertiary/aromatic N) is 1. The predicted octanol–water partition coefficient (Wildman–Crippen LogP) is 3.61. The van der Waals surface area contributed by atoms with Crippen LogP contribution in [0, 0.1) is 12.8 Å². The van der Waals surface area contributed by atoms with Crippen molar-refractivity contribution >= 4 is 21.8 Å². The molecule has 1 unspecified atom stereocenters. The Kier molecular flexibility index (Phi) is 5.82. The van der Waals surface area contributed by atoms with Crippen LogP contribution in [0.15, 0.2) is 22.7 Å². The maximum atomic E-state index is 12.9.